The number of hydrogen-bond acceptors (Lipinski definition) is 4. The molecule has 0 aliphatic rings. The first-order valence-electron chi connectivity index (χ1n) is 30.6. The first-order valence-corrected chi connectivity index (χ1v) is 32.2. The fourth-order valence-corrected chi connectivity index (χ4v) is 10.2. The molecule has 7 nitrogen and oxygen atoms in total. The molecular formula is C60H120NO6P. The first-order chi connectivity index (χ1) is 33.3. The van der Waals surface area contributed by atoms with E-state index in [1.54, 1.807) is 6.08 Å². The summed E-state index contributed by atoms with van der Waals surface area (Å²) in [6, 6.07) is -0.907. The highest BCUT2D eigenvalue weighted by atomic mass is 31.2. The summed E-state index contributed by atoms with van der Waals surface area (Å²) in [6.07, 6.45) is 71.7. The Balaban J connectivity index is 3.63. The van der Waals surface area contributed by atoms with Crippen LogP contribution in [0, 0.1) is 0 Å². The number of rotatable bonds is 58. The number of nitrogens with one attached hydrogen (secondary N) is 1. The quantitative estimate of drug-likeness (QED) is 0.0274. The smallest absolute Gasteiger partial charge is 0.387 e. The largest absolute Gasteiger partial charge is 0.469 e. The predicted molar refractivity (Wildman–Crippen MR) is 297 cm³/mol. The van der Waals surface area contributed by atoms with Crippen LogP contribution in [-0.2, 0) is 13.9 Å². The lowest BCUT2D eigenvalue weighted by Gasteiger charge is -2.22. The molecule has 68 heavy (non-hydrogen) atoms. The van der Waals surface area contributed by atoms with Gasteiger partial charge < -0.3 is 20.2 Å². The molecule has 0 saturated carbocycles. The van der Waals surface area contributed by atoms with E-state index in [1.807, 2.05) is 6.08 Å². The molecule has 8 heteroatoms. The summed E-state index contributed by atoms with van der Waals surface area (Å²) < 4.78 is 16.0. The van der Waals surface area contributed by atoms with Crippen molar-refractivity contribution in [2.75, 3.05) is 6.61 Å². The normalized spacial score (nSPS) is 13.0. The van der Waals surface area contributed by atoms with Gasteiger partial charge in [-0.2, -0.15) is 0 Å². The molecule has 0 heterocycles. The van der Waals surface area contributed by atoms with Crippen molar-refractivity contribution in [2.45, 2.75) is 360 Å². The summed E-state index contributed by atoms with van der Waals surface area (Å²) in [5.74, 6) is -0.217. The maximum atomic E-state index is 12.7. The minimum atomic E-state index is -4.72. The van der Waals surface area contributed by atoms with Crippen molar-refractivity contribution in [3.05, 3.63) is 12.2 Å². The van der Waals surface area contributed by atoms with Gasteiger partial charge in [0.1, 0.15) is 0 Å². The van der Waals surface area contributed by atoms with Crippen molar-refractivity contribution >= 4 is 13.7 Å². The first kappa shape index (κ1) is 67.3. The highest BCUT2D eigenvalue weighted by Crippen LogP contribution is 2.36. The van der Waals surface area contributed by atoms with Gasteiger partial charge in [-0.25, -0.2) is 4.57 Å². The summed E-state index contributed by atoms with van der Waals surface area (Å²) in [6.45, 7) is 4.13. The van der Waals surface area contributed by atoms with Crippen molar-refractivity contribution < 1.29 is 28.8 Å². The molecule has 0 spiro atoms. The number of hydrogen-bond donors (Lipinski definition) is 4. The van der Waals surface area contributed by atoms with Crippen molar-refractivity contribution in [2.24, 2.45) is 0 Å². The molecule has 0 rings (SSSR count). The van der Waals surface area contributed by atoms with Crippen molar-refractivity contribution in [3.63, 3.8) is 0 Å². The van der Waals surface area contributed by atoms with Crippen LogP contribution in [0.15, 0.2) is 12.2 Å². The third-order valence-electron chi connectivity index (χ3n) is 14.5. The van der Waals surface area contributed by atoms with E-state index in [0.717, 1.165) is 38.5 Å². The summed E-state index contributed by atoms with van der Waals surface area (Å²) in [4.78, 5) is 31.1. The minimum Gasteiger partial charge on any atom is -0.387 e. The van der Waals surface area contributed by atoms with Gasteiger partial charge in [-0.05, 0) is 19.3 Å². The van der Waals surface area contributed by atoms with E-state index < -0.39 is 26.6 Å². The van der Waals surface area contributed by atoms with E-state index in [0.29, 0.717) is 6.42 Å². The lowest BCUT2D eigenvalue weighted by atomic mass is 10.0. The molecule has 406 valence electrons. The Morgan fingerprint density at radius 2 is 0.647 bits per heavy atom. The number of unbranched alkanes of at least 4 members (excludes halogenated alkanes) is 49. The van der Waals surface area contributed by atoms with Crippen molar-refractivity contribution in [1.29, 1.82) is 0 Å². The Kier molecular flexibility index (Phi) is 55.0. The molecule has 0 fully saturated rings. The molecule has 0 aliphatic carbocycles. The molecule has 4 N–H and O–H groups in total. The van der Waals surface area contributed by atoms with Crippen LogP contribution >= 0.6 is 7.82 Å². The second-order valence-corrected chi connectivity index (χ2v) is 22.6. The standard InChI is InChI=1S/C60H120NO6P/c1-3-5-7-9-11-13-15-17-19-21-22-23-24-25-26-27-28-29-30-31-32-33-34-35-36-37-38-40-42-44-46-48-50-52-54-56-60(63)61-58(57-67-68(64,65)66)59(62)55-53-51-49-47-45-43-41-39-20-18-16-14-12-10-8-6-4-2/h53,55,58-59,62H,3-52,54,56-57H2,1-2H3,(H,61,63)(H2,64,65,66)/b55-53+/t58-,59+/m0/s1. The molecule has 0 aromatic heterocycles. The SMILES string of the molecule is CCCCCCCCCCCCCCCCC/C=C/[C@@H](O)[C@H](COP(=O)(O)O)NC(=O)CCCCCCCCCCCCCCCCCCCCCCCCCCCCCCCCCCCCC. The average Bonchev–Trinajstić information content (AvgIpc) is 3.32. The summed E-state index contributed by atoms with van der Waals surface area (Å²) >= 11 is 0. The second kappa shape index (κ2) is 55.6. The molecule has 0 aliphatic heterocycles. The molecule has 0 aromatic rings. The maximum Gasteiger partial charge on any atom is 0.469 e. The third-order valence-corrected chi connectivity index (χ3v) is 15.0. The molecule has 0 saturated heterocycles. The zero-order valence-corrected chi connectivity index (χ0v) is 46.7. The fourth-order valence-electron chi connectivity index (χ4n) is 9.88. The monoisotopic (exact) mass is 982 g/mol. The number of aliphatic hydroxyl groups excluding tert-OH is 1. The number of phosphoric ester groups is 1. The number of phosphoric acid groups is 1. The second-order valence-electron chi connectivity index (χ2n) is 21.4. The topological polar surface area (TPSA) is 116 Å². The summed E-state index contributed by atoms with van der Waals surface area (Å²) in [5.41, 5.74) is 0. The number of allylic oxidation sites excluding steroid dienone is 1. The van der Waals surface area contributed by atoms with E-state index in [2.05, 4.69) is 23.7 Å². The van der Waals surface area contributed by atoms with E-state index in [-0.39, 0.29) is 5.91 Å². The van der Waals surface area contributed by atoms with Gasteiger partial charge in [0.2, 0.25) is 5.91 Å². The molecule has 0 bridgehead atoms. The molecule has 0 unspecified atom stereocenters. The van der Waals surface area contributed by atoms with Crippen LogP contribution in [0.5, 0.6) is 0 Å². The van der Waals surface area contributed by atoms with Crippen LogP contribution in [0.2, 0.25) is 0 Å². The van der Waals surface area contributed by atoms with Gasteiger partial charge in [0, 0.05) is 6.42 Å². The number of carbonyl (C=O) groups excluding carboxylic acids is 1. The lowest BCUT2D eigenvalue weighted by Crippen LogP contribution is -2.45. The van der Waals surface area contributed by atoms with E-state index >= 15 is 0 Å². The van der Waals surface area contributed by atoms with Crippen LogP contribution in [-0.4, -0.2) is 39.6 Å². The number of aliphatic hydroxyl groups is 1. The molecule has 0 aromatic carbocycles. The Labute approximate surface area is 424 Å². The van der Waals surface area contributed by atoms with Gasteiger partial charge in [-0.15, -0.1) is 0 Å². The minimum absolute atomic E-state index is 0.217. The van der Waals surface area contributed by atoms with Crippen LogP contribution in [0.25, 0.3) is 0 Å². The molecule has 1 amide bonds. The van der Waals surface area contributed by atoms with Gasteiger partial charge in [0.15, 0.2) is 0 Å². The van der Waals surface area contributed by atoms with Crippen molar-refractivity contribution in [3.8, 4) is 0 Å². The fraction of sp³-hybridized carbons (Fsp3) is 0.950. The van der Waals surface area contributed by atoms with Crippen molar-refractivity contribution in [1.82, 2.24) is 5.32 Å². The Morgan fingerprint density at radius 1 is 0.412 bits per heavy atom. The average molecular weight is 983 g/mol. The van der Waals surface area contributed by atoms with Crippen LogP contribution in [0.3, 0.4) is 0 Å². The van der Waals surface area contributed by atoms with Crippen LogP contribution in [0.1, 0.15) is 348 Å². The number of amides is 1. The zero-order chi connectivity index (χ0) is 49.5. The van der Waals surface area contributed by atoms with E-state index in [4.69, 9.17) is 0 Å². The van der Waals surface area contributed by atoms with E-state index in [1.165, 1.54) is 289 Å². The summed E-state index contributed by atoms with van der Waals surface area (Å²) in [5, 5.41) is 13.5. The lowest BCUT2D eigenvalue weighted by molar-refractivity contribution is -0.123. The third kappa shape index (κ3) is 56.2. The summed E-state index contributed by atoms with van der Waals surface area (Å²) in [7, 11) is -4.72. The Hall–Kier alpha value is -0.720. The number of carbonyl (C=O) groups is 1. The van der Waals surface area contributed by atoms with Crippen LogP contribution < -0.4 is 5.32 Å². The highest BCUT2D eigenvalue weighted by Gasteiger charge is 2.24. The molecule has 2 atom stereocenters. The van der Waals surface area contributed by atoms with Gasteiger partial charge >= 0.3 is 7.82 Å². The zero-order valence-electron chi connectivity index (χ0n) is 45.8. The highest BCUT2D eigenvalue weighted by molar-refractivity contribution is 7.46. The predicted octanol–water partition coefficient (Wildman–Crippen LogP) is 19.8. The molecule has 0 radical (unpaired) electrons. The maximum absolute atomic E-state index is 12.7. The molecular weight excluding hydrogens is 862 g/mol. The van der Waals surface area contributed by atoms with Gasteiger partial charge in [0.25, 0.3) is 0 Å². The Bertz CT molecular complexity index is 1070. The van der Waals surface area contributed by atoms with Crippen LogP contribution in [0.4, 0.5) is 0 Å². The van der Waals surface area contributed by atoms with Gasteiger partial charge in [-0.1, -0.05) is 334 Å². The van der Waals surface area contributed by atoms with Gasteiger partial charge in [0.05, 0.1) is 18.8 Å². The van der Waals surface area contributed by atoms with Gasteiger partial charge in [-0.3, -0.25) is 9.32 Å². The Morgan fingerprint density at radius 3 is 0.897 bits per heavy atom. The van der Waals surface area contributed by atoms with E-state index in [9.17, 15) is 24.3 Å².